The van der Waals surface area contributed by atoms with E-state index in [-0.39, 0.29) is 19.0 Å². The molecule has 3 amide bonds. The van der Waals surface area contributed by atoms with Gasteiger partial charge in [-0.1, -0.05) is 19.3 Å². The summed E-state index contributed by atoms with van der Waals surface area (Å²) in [6, 6.07) is 1.24. The molecule has 1 aliphatic carbocycles. The molecule has 0 saturated heterocycles. The Labute approximate surface area is 145 Å². The van der Waals surface area contributed by atoms with E-state index in [9.17, 15) is 14.4 Å². The number of rotatable bonds is 7. The van der Waals surface area contributed by atoms with Crippen molar-refractivity contribution in [3.8, 4) is 0 Å². The second kappa shape index (κ2) is 10.2. The number of amides is 3. The third kappa shape index (κ3) is 7.60. The average Bonchev–Trinajstić information content (AvgIpc) is 2.61. The number of nitrogens with one attached hydrogen (secondary N) is 3. The minimum Gasteiger partial charge on any atom is -0.456 e. The number of imide groups is 1. The van der Waals surface area contributed by atoms with Gasteiger partial charge in [0, 0.05) is 25.0 Å². The molecule has 0 bridgehead atoms. The first-order chi connectivity index (χ1) is 12.1. The lowest BCUT2D eigenvalue weighted by Crippen LogP contribution is -2.46. The maximum absolute atomic E-state index is 11.7. The molecule has 1 fully saturated rings. The highest BCUT2D eigenvalue weighted by Crippen LogP contribution is 2.17. The van der Waals surface area contributed by atoms with Crippen LogP contribution >= 0.6 is 0 Å². The molecule has 136 valence electrons. The molecule has 9 heteroatoms. The Morgan fingerprint density at radius 1 is 1.12 bits per heavy atom. The normalized spacial score (nSPS) is 14.4. The van der Waals surface area contributed by atoms with Gasteiger partial charge in [0.15, 0.2) is 6.61 Å². The van der Waals surface area contributed by atoms with Crippen molar-refractivity contribution < 1.29 is 19.1 Å². The van der Waals surface area contributed by atoms with Gasteiger partial charge in [-0.2, -0.15) is 0 Å². The van der Waals surface area contributed by atoms with Gasteiger partial charge in [-0.15, -0.1) is 0 Å². The third-order valence-electron chi connectivity index (χ3n) is 3.74. The van der Waals surface area contributed by atoms with Gasteiger partial charge in [0.2, 0.25) is 5.95 Å². The summed E-state index contributed by atoms with van der Waals surface area (Å²) in [5.74, 6) is -0.792. The summed E-state index contributed by atoms with van der Waals surface area (Å²) in [5, 5.41) is 7.77. The lowest BCUT2D eigenvalue weighted by molar-refractivity contribution is -0.148. The molecule has 1 aliphatic rings. The fraction of sp³-hybridized carbons (Fsp3) is 0.562. The van der Waals surface area contributed by atoms with Crippen LogP contribution in [0.2, 0.25) is 0 Å². The van der Waals surface area contributed by atoms with Crippen LogP contribution in [0, 0.1) is 0 Å². The van der Waals surface area contributed by atoms with E-state index in [1.807, 2.05) is 0 Å². The summed E-state index contributed by atoms with van der Waals surface area (Å²) in [5.41, 5.74) is 0. The SMILES string of the molecule is O=C(COC(=O)CCNc1ncccn1)NC(=O)NC1CCCCC1. The van der Waals surface area contributed by atoms with Crippen molar-refractivity contribution in [3.63, 3.8) is 0 Å². The van der Waals surface area contributed by atoms with Gasteiger partial charge in [-0.25, -0.2) is 14.8 Å². The van der Waals surface area contributed by atoms with Crippen LogP contribution in [0.5, 0.6) is 0 Å². The van der Waals surface area contributed by atoms with Crippen LogP contribution in [0.3, 0.4) is 0 Å². The Kier molecular flexibility index (Phi) is 7.61. The number of hydrogen-bond donors (Lipinski definition) is 3. The highest BCUT2D eigenvalue weighted by Gasteiger charge is 2.17. The molecule has 2 rings (SSSR count). The standard InChI is InChI=1S/C16H23N5O4/c22-13(21-16(24)20-12-5-2-1-3-6-12)11-25-14(23)7-10-19-15-17-8-4-9-18-15/h4,8-9,12H,1-3,5-7,10-11H2,(H,17,18,19)(H2,20,21,22,24). The Morgan fingerprint density at radius 3 is 2.56 bits per heavy atom. The average molecular weight is 349 g/mol. The van der Waals surface area contributed by atoms with E-state index in [4.69, 9.17) is 4.74 Å². The monoisotopic (exact) mass is 349 g/mol. The lowest BCUT2D eigenvalue weighted by atomic mass is 9.96. The van der Waals surface area contributed by atoms with Crippen LogP contribution in [-0.2, 0) is 14.3 Å². The Balaban J connectivity index is 1.55. The molecule has 25 heavy (non-hydrogen) atoms. The highest BCUT2D eigenvalue weighted by atomic mass is 16.5. The molecule has 0 aromatic carbocycles. The molecule has 0 atom stereocenters. The Bertz CT molecular complexity index is 575. The molecule has 9 nitrogen and oxygen atoms in total. The van der Waals surface area contributed by atoms with Crippen LogP contribution in [0.4, 0.5) is 10.7 Å². The fourth-order valence-corrected chi connectivity index (χ4v) is 2.52. The minimum atomic E-state index is -0.652. The third-order valence-corrected chi connectivity index (χ3v) is 3.74. The highest BCUT2D eigenvalue weighted by molar-refractivity contribution is 5.95. The number of urea groups is 1. The van der Waals surface area contributed by atoms with Crippen molar-refractivity contribution in [2.75, 3.05) is 18.5 Å². The van der Waals surface area contributed by atoms with Crippen LogP contribution in [-0.4, -0.2) is 47.1 Å². The summed E-state index contributed by atoms with van der Waals surface area (Å²) in [4.78, 5) is 42.7. The second-order valence-electron chi connectivity index (χ2n) is 5.77. The molecule has 1 saturated carbocycles. The quantitative estimate of drug-likeness (QED) is 0.627. The summed E-state index contributed by atoms with van der Waals surface area (Å²) in [6.45, 7) is -0.203. The van der Waals surface area contributed by atoms with Crippen LogP contribution in [0.15, 0.2) is 18.5 Å². The van der Waals surface area contributed by atoms with Gasteiger partial charge in [-0.05, 0) is 18.9 Å². The van der Waals surface area contributed by atoms with Crippen molar-refractivity contribution in [2.45, 2.75) is 44.6 Å². The predicted molar refractivity (Wildman–Crippen MR) is 89.6 cm³/mol. The van der Waals surface area contributed by atoms with Gasteiger partial charge < -0.3 is 15.4 Å². The van der Waals surface area contributed by atoms with E-state index in [0.717, 1.165) is 25.7 Å². The minimum absolute atomic E-state index is 0.0554. The van der Waals surface area contributed by atoms with Crippen molar-refractivity contribution in [1.29, 1.82) is 0 Å². The zero-order valence-electron chi connectivity index (χ0n) is 14.0. The lowest BCUT2D eigenvalue weighted by Gasteiger charge is -2.22. The fourth-order valence-electron chi connectivity index (χ4n) is 2.52. The van der Waals surface area contributed by atoms with Crippen LogP contribution in [0.1, 0.15) is 38.5 Å². The summed E-state index contributed by atoms with van der Waals surface area (Å²) >= 11 is 0. The smallest absolute Gasteiger partial charge is 0.321 e. The zero-order valence-corrected chi connectivity index (χ0v) is 14.0. The van der Waals surface area contributed by atoms with E-state index in [1.165, 1.54) is 6.42 Å². The van der Waals surface area contributed by atoms with Crippen LogP contribution < -0.4 is 16.0 Å². The number of carbonyl (C=O) groups is 3. The predicted octanol–water partition coefficient (Wildman–Crippen LogP) is 0.980. The van der Waals surface area contributed by atoms with Gasteiger partial charge in [0.05, 0.1) is 6.42 Å². The molecule has 1 aromatic heterocycles. The van der Waals surface area contributed by atoms with Crippen molar-refractivity contribution >= 4 is 23.9 Å². The number of nitrogens with zero attached hydrogens (tertiary/aromatic N) is 2. The Morgan fingerprint density at radius 2 is 1.84 bits per heavy atom. The summed E-state index contributed by atoms with van der Waals surface area (Å²) in [6.07, 6.45) is 8.41. The molecule has 3 N–H and O–H groups in total. The number of carbonyl (C=O) groups excluding carboxylic acids is 3. The number of esters is 1. The van der Waals surface area contributed by atoms with Crippen molar-refractivity contribution in [2.24, 2.45) is 0 Å². The molecule has 0 aliphatic heterocycles. The van der Waals surface area contributed by atoms with Gasteiger partial charge in [0.25, 0.3) is 5.91 Å². The number of anilines is 1. The van der Waals surface area contributed by atoms with E-state index in [0.29, 0.717) is 5.95 Å². The van der Waals surface area contributed by atoms with Crippen LogP contribution in [0.25, 0.3) is 0 Å². The van der Waals surface area contributed by atoms with Crippen molar-refractivity contribution in [3.05, 3.63) is 18.5 Å². The first-order valence-electron chi connectivity index (χ1n) is 8.40. The number of ether oxygens (including phenoxy) is 1. The van der Waals surface area contributed by atoms with Crippen molar-refractivity contribution in [1.82, 2.24) is 20.6 Å². The molecule has 1 aromatic rings. The molecule has 0 radical (unpaired) electrons. The van der Waals surface area contributed by atoms with E-state index in [2.05, 4.69) is 25.9 Å². The summed E-state index contributed by atoms with van der Waals surface area (Å²) < 4.78 is 4.82. The largest absolute Gasteiger partial charge is 0.456 e. The molecule has 0 spiro atoms. The molecule has 0 unspecified atom stereocenters. The van der Waals surface area contributed by atoms with Gasteiger partial charge in [0.1, 0.15) is 0 Å². The topological polar surface area (TPSA) is 122 Å². The van der Waals surface area contributed by atoms with E-state index >= 15 is 0 Å². The number of hydrogen-bond acceptors (Lipinski definition) is 7. The molecular weight excluding hydrogens is 326 g/mol. The number of aromatic nitrogens is 2. The van der Waals surface area contributed by atoms with E-state index < -0.39 is 24.5 Å². The molecule has 1 heterocycles. The molecular formula is C16H23N5O4. The summed E-state index contributed by atoms with van der Waals surface area (Å²) in [7, 11) is 0. The van der Waals surface area contributed by atoms with Gasteiger partial charge in [-0.3, -0.25) is 14.9 Å². The second-order valence-corrected chi connectivity index (χ2v) is 5.77. The van der Waals surface area contributed by atoms with Gasteiger partial charge >= 0.3 is 12.0 Å². The maximum Gasteiger partial charge on any atom is 0.321 e. The van der Waals surface area contributed by atoms with E-state index in [1.54, 1.807) is 18.5 Å². The maximum atomic E-state index is 11.7. The first kappa shape index (κ1) is 18.6. The zero-order chi connectivity index (χ0) is 17.9. The first-order valence-corrected chi connectivity index (χ1v) is 8.40. The Hall–Kier alpha value is -2.71.